The number of aromatic nitrogens is 1. The second-order valence-corrected chi connectivity index (χ2v) is 6.39. The summed E-state index contributed by atoms with van der Waals surface area (Å²) < 4.78 is 5.06. The van der Waals surface area contributed by atoms with E-state index in [4.69, 9.17) is 4.74 Å². The lowest BCUT2D eigenvalue weighted by molar-refractivity contribution is 0.0945. The third-order valence-corrected chi connectivity index (χ3v) is 4.70. The fraction of sp³-hybridized carbons (Fsp3) is 0.400. The monoisotopic (exact) mass is 339 g/mol. The van der Waals surface area contributed by atoms with Gasteiger partial charge in [0.05, 0.1) is 7.11 Å². The van der Waals surface area contributed by atoms with E-state index in [1.165, 1.54) is 18.4 Å². The molecular formula is C20H25N3O2. The van der Waals surface area contributed by atoms with Crippen molar-refractivity contribution in [3.63, 3.8) is 0 Å². The molecule has 1 fully saturated rings. The molecule has 1 saturated heterocycles. The zero-order chi connectivity index (χ0) is 17.5. The first kappa shape index (κ1) is 17.4. The van der Waals surface area contributed by atoms with Crippen molar-refractivity contribution in [1.29, 1.82) is 0 Å². The predicted octanol–water partition coefficient (Wildman–Crippen LogP) is 2.70. The highest BCUT2D eigenvalue weighted by molar-refractivity contribution is 5.94. The number of ether oxygens (including phenoxy) is 1. The molecule has 3 rings (SSSR count). The van der Waals surface area contributed by atoms with E-state index < -0.39 is 0 Å². The van der Waals surface area contributed by atoms with Crippen LogP contribution in [0.2, 0.25) is 0 Å². The van der Waals surface area contributed by atoms with Crippen molar-refractivity contribution in [2.24, 2.45) is 0 Å². The van der Waals surface area contributed by atoms with E-state index in [0.717, 1.165) is 19.6 Å². The van der Waals surface area contributed by atoms with Crippen LogP contribution >= 0.6 is 0 Å². The lowest BCUT2D eigenvalue weighted by Crippen LogP contribution is -2.40. The van der Waals surface area contributed by atoms with Gasteiger partial charge in [-0.05, 0) is 36.9 Å². The van der Waals surface area contributed by atoms with Crippen LogP contribution in [-0.4, -0.2) is 49.1 Å². The van der Waals surface area contributed by atoms with E-state index in [-0.39, 0.29) is 5.91 Å². The molecule has 1 aliphatic heterocycles. The Morgan fingerprint density at radius 1 is 1.32 bits per heavy atom. The van der Waals surface area contributed by atoms with Crippen LogP contribution in [0.1, 0.15) is 34.7 Å². The second kappa shape index (κ2) is 8.62. The fourth-order valence-corrected chi connectivity index (χ4v) is 3.35. The number of rotatable bonds is 6. The third kappa shape index (κ3) is 4.79. The molecule has 2 aromatic rings. The van der Waals surface area contributed by atoms with Gasteiger partial charge in [0.1, 0.15) is 0 Å². The van der Waals surface area contributed by atoms with Crippen molar-refractivity contribution < 1.29 is 9.53 Å². The lowest BCUT2D eigenvalue weighted by atomic mass is 9.91. The van der Waals surface area contributed by atoms with Gasteiger partial charge in [0, 0.05) is 37.5 Å². The van der Waals surface area contributed by atoms with Crippen molar-refractivity contribution in [1.82, 2.24) is 15.2 Å². The van der Waals surface area contributed by atoms with Gasteiger partial charge in [-0.3, -0.25) is 4.79 Å². The summed E-state index contributed by atoms with van der Waals surface area (Å²) in [6.07, 6.45) is 4.03. The smallest absolute Gasteiger partial charge is 0.251 e. The number of likely N-dealkylation sites (tertiary alicyclic amines) is 1. The van der Waals surface area contributed by atoms with Crippen molar-refractivity contribution in [2.45, 2.75) is 18.8 Å². The molecule has 132 valence electrons. The highest BCUT2D eigenvalue weighted by Crippen LogP contribution is 2.26. The molecule has 0 bridgehead atoms. The summed E-state index contributed by atoms with van der Waals surface area (Å²) in [5.74, 6) is 0.960. The molecule has 1 amide bonds. The average Bonchev–Trinajstić information content (AvgIpc) is 2.69. The Hall–Kier alpha value is -2.40. The largest absolute Gasteiger partial charge is 0.481 e. The fourth-order valence-electron chi connectivity index (χ4n) is 3.35. The van der Waals surface area contributed by atoms with Gasteiger partial charge >= 0.3 is 0 Å². The number of carbonyl (C=O) groups is 1. The summed E-state index contributed by atoms with van der Waals surface area (Å²) in [5.41, 5.74) is 1.99. The predicted molar refractivity (Wildman–Crippen MR) is 98.0 cm³/mol. The van der Waals surface area contributed by atoms with Crippen molar-refractivity contribution in [3.05, 3.63) is 59.8 Å². The maximum absolute atomic E-state index is 12.2. The average molecular weight is 339 g/mol. The first-order valence-electron chi connectivity index (χ1n) is 8.82. The van der Waals surface area contributed by atoms with Gasteiger partial charge in [-0.2, -0.15) is 0 Å². The van der Waals surface area contributed by atoms with E-state index in [1.54, 1.807) is 25.4 Å². The summed E-state index contributed by atoms with van der Waals surface area (Å²) in [6, 6.07) is 14.1. The van der Waals surface area contributed by atoms with Gasteiger partial charge in [-0.1, -0.05) is 30.3 Å². The van der Waals surface area contributed by atoms with E-state index in [2.05, 4.69) is 45.5 Å². The standard InChI is InChI=1S/C20H25N3O2/c1-25-19-14-17(9-10-21-19)20(24)22-11-13-23-12-5-8-18(15-23)16-6-3-2-4-7-16/h2-4,6-7,9-10,14,18H,5,8,11-13,15H2,1H3,(H,22,24)/t18-/m1/s1. The third-order valence-electron chi connectivity index (χ3n) is 4.70. The van der Waals surface area contributed by atoms with Crippen LogP contribution in [0, 0.1) is 0 Å². The van der Waals surface area contributed by atoms with Gasteiger partial charge in [0.25, 0.3) is 5.91 Å². The Morgan fingerprint density at radius 3 is 2.96 bits per heavy atom. The number of benzene rings is 1. The number of nitrogens with one attached hydrogen (secondary N) is 1. The number of piperidine rings is 1. The number of carbonyl (C=O) groups excluding carboxylic acids is 1. The van der Waals surface area contributed by atoms with E-state index >= 15 is 0 Å². The topological polar surface area (TPSA) is 54.5 Å². The van der Waals surface area contributed by atoms with Crippen LogP contribution in [-0.2, 0) is 0 Å². The second-order valence-electron chi connectivity index (χ2n) is 6.39. The Balaban J connectivity index is 1.47. The summed E-state index contributed by atoms with van der Waals surface area (Å²) in [6.45, 7) is 3.67. The zero-order valence-corrected chi connectivity index (χ0v) is 14.6. The Kier molecular flexibility index (Phi) is 6.01. The molecule has 1 aromatic carbocycles. The first-order valence-corrected chi connectivity index (χ1v) is 8.82. The molecule has 0 radical (unpaired) electrons. The maximum Gasteiger partial charge on any atom is 0.251 e. The highest BCUT2D eigenvalue weighted by atomic mass is 16.5. The highest BCUT2D eigenvalue weighted by Gasteiger charge is 2.20. The molecule has 2 heterocycles. The minimum absolute atomic E-state index is 0.0858. The first-order chi connectivity index (χ1) is 12.3. The van der Waals surface area contributed by atoms with Gasteiger partial charge < -0.3 is 15.0 Å². The maximum atomic E-state index is 12.2. The summed E-state index contributed by atoms with van der Waals surface area (Å²) in [7, 11) is 1.55. The van der Waals surface area contributed by atoms with E-state index in [9.17, 15) is 4.79 Å². The van der Waals surface area contributed by atoms with Crippen LogP contribution in [0.4, 0.5) is 0 Å². The molecule has 25 heavy (non-hydrogen) atoms. The Morgan fingerprint density at radius 2 is 2.16 bits per heavy atom. The summed E-state index contributed by atoms with van der Waals surface area (Å²) in [5, 5.41) is 2.99. The summed E-state index contributed by atoms with van der Waals surface area (Å²) in [4.78, 5) is 18.7. The van der Waals surface area contributed by atoms with Crippen LogP contribution < -0.4 is 10.1 Å². The lowest BCUT2D eigenvalue weighted by Gasteiger charge is -2.33. The number of nitrogens with zero attached hydrogens (tertiary/aromatic N) is 2. The van der Waals surface area contributed by atoms with E-state index in [1.807, 2.05) is 0 Å². The number of methoxy groups -OCH3 is 1. The van der Waals surface area contributed by atoms with Crippen LogP contribution in [0.15, 0.2) is 48.7 Å². The molecule has 5 heteroatoms. The van der Waals surface area contributed by atoms with Crippen molar-refractivity contribution in [2.75, 3.05) is 33.3 Å². The molecule has 0 unspecified atom stereocenters. The quantitative estimate of drug-likeness (QED) is 0.879. The number of hydrogen-bond donors (Lipinski definition) is 1. The van der Waals surface area contributed by atoms with Crippen LogP contribution in [0.25, 0.3) is 0 Å². The molecule has 5 nitrogen and oxygen atoms in total. The molecule has 0 saturated carbocycles. The molecule has 1 aromatic heterocycles. The molecule has 0 spiro atoms. The molecule has 1 aliphatic rings. The van der Waals surface area contributed by atoms with Crippen LogP contribution in [0.3, 0.4) is 0 Å². The summed E-state index contributed by atoms with van der Waals surface area (Å²) >= 11 is 0. The van der Waals surface area contributed by atoms with Crippen LogP contribution in [0.5, 0.6) is 5.88 Å². The zero-order valence-electron chi connectivity index (χ0n) is 14.6. The minimum atomic E-state index is -0.0858. The molecule has 1 atom stereocenters. The Labute approximate surface area is 149 Å². The number of amides is 1. The normalized spacial score (nSPS) is 17.9. The molecular weight excluding hydrogens is 314 g/mol. The van der Waals surface area contributed by atoms with Gasteiger partial charge in [0.15, 0.2) is 0 Å². The van der Waals surface area contributed by atoms with Gasteiger partial charge in [0.2, 0.25) is 5.88 Å². The number of hydrogen-bond acceptors (Lipinski definition) is 4. The van der Waals surface area contributed by atoms with Gasteiger partial charge in [-0.15, -0.1) is 0 Å². The minimum Gasteiger partial charge on any atom is -0.481 e. The SMILES string of the molecule is COc1cc(C(=O)NCCN2CCC[C@@H](c3ccccc3)C2)ccn1. The van der Waals surface area contributed by atoms with Crippen molar-refractivity contribution in [3.8, 4) is 5.88 Å². The number of pyridine rings is 1. The van der Waals surface area contributed by atoms with Gasteiger partial charge in [-0.25, -0.2) is 4.98 Å². The Bertz CT molecular complexity index is 690. The van der Waals surface area contributed by atoms with E-state index in [0.29, 0.717) is 23.9 Å². The molecule has 1 N–H and O–H groups in total. The van der Waals surface area contributed by atoms with Crippen molar-refractivity contribution >= 4 is 5.91 Å². The molecule has 0 aliphatic carbocycles.